The topological polar surface area (TPSA) is 103 Å². The molecule has 2 fully saturated rings. The Kier molecular flexibility index (Phi) is 3.85. The minimum atomic E-state index is -0.787. The van der Waals surface area contributed by atoms with Crippen LogP contribution in [0.3, 0.4) is 0 Å². The molecule has 2 aliphatic heterocycles. The zero-order chi connectivity index (χ0) is 16.7. The van der Waals surface area contributed by atoms with Crippen LogP contribution < -0.4 is 16.7 Å². The molecule has 24 heavy (non-hydrogen) atoms. The smallest absolute Gasteiger partial charge is 0.399 e. The Bertz CT molecular complexity index is 838. The van der Waals surface area contributed by atoms with Gasteiger partial charge in [-0.25, -0.2) is 4.79 Å². The third kappa shape index (κ3) is 2.51. The highest BCUT2D eigenvalue weighted by Crippen LogP contribution is 2.37. The van der Waals surface area contributed by atoms with E-state index in [2.05, 4.69) is 4.98 Å². The molecule has 4 rings (SSSR count). The molecular weight excluding hydrogens is 315 g/mol. The van der Waals surface area contributed by atoms with Crippen LogP contribution in [0.15, 0.2) is 52.2 Å². The molecule has 3 heterocycles. The van der Waals surface area contributed by atoms with Gasteiger partial charge in [0.15, 0.2) is 6.23 Å². The number of aromatic nitrogens is 2. The van der Waals surface area contributed by atoms with Gasteiger partial charge in [-0.3, -0.25) is 14.3 Å². The number of benzene rings is 1. The largest absolute Gasteiger partial charge is 0.494 e. The van der Waals surface area contributed by atoms with E-state index in [4.69, 9.17) is 14.0 Å². The van der Waals surface area contributed by atoms with Crippen LogP contribution in [0.25, 0.3) is 0 Å². The standard InChI is InChI=1S/C15H15BN2O6/c19-8-10-12-13(24-16(23-12)9-4-2-1-3-5-9)14(22-10)18-7-6-11(20)17-15(18)21/h1-7,10,12-14,19H,8H2,(H,17,20,21)/t10-,12+,13?,14-/m1/s1. The van der Waals surface area contributed by atoms with Gasteiger partial charge in [-0.2, -0.15) is 0 Å². The average molecular weight is 330 g/mol. The van der Waals surface area contributed by atoms with E-state index in [-0.39, 0.29) is 6.61 Å². The molecule has 0 aliphatic carbocycles. The molecule has 8 nitrogen and oxygen atoms in total. The second kappa shape index (κ2) is 6.02. The molecule has 2 aliphatic rings. The van der Waals surface area contributed by atoms with Gasteiger partial charge in [-0.15, -0.1) is 0 Å². The Hall–Kier alpha value is -2.20. The number of ether oxygens (including phenoxy) is 1. The van der Waals surface area contributed by atoms with Crippen molar-refractivity contribution in [1.82, 2.24) is 9.55 Å². The maximum atomic E-state index is 12.0. The van der Waals surface area contributed by atoms with E-state index in [0.717, 1.165) is 5.46 Å². The van der Waals surface area contributed by atoms with E-state index in [9.17, 15) is 14.7 Å². The van der Waals surface area contributed by atoms with E-state index < -0.39 is 42.9 Å². The molecule has 1 aromatic carbocycles. The molecule has 124 valence electrons. The number of rotatable bonds is 3. The Balaban J connectivity index is 1.66. The van der Waals surface area contributed by atoms with Crippen LogP contribution in [-0.2, 0) is 14.0 Å². The van der Waals surface area contributed by atoms with Gasteiger partial charge in [0.2, 0.25) is 0 Å². The highest BCUT2D eigenvalue weighted by molar-refractivity contribution is 6.61. The molecular formula is C15H15BN2O6. The number of fused-ring (bicyclic) bond motifs is 1. The van der Waals surface area contributed by atoms with Crippen molar-refractivity contribution in [3.8, 4) is 0 Å². The number of aromatic amines is 1. The molecule has 4 atom stereocenters. The molecule has 2 N–H and O–H groups in total. The first-order valence-electron chi connectivity index (χ1n) is 7.61. The maximum absolute atomic E-state index is 12.0. The lowest BCUT2D eigenvalue weighted by Crippen LogP contribution is -2.38. The number of hydrogen-bond acceptors (Lipinski definition) is 6. The predicted molar refractivity (Wildman–Crippen MR) is 83.9 cm³/mol. The summed E-state index contributed by atoms with van der Waals surface area (Å²) in [7, 11) is -0.597. The van der Waals surface area contributed by atoms with Crippen LogP contribution in [0.4, 0.5) is 0 Å². The number of aliphatic hydroxyl groups excluding tert-OH is 1. The van der Waals surface area contributed by atoms with Gasteiger partial charge in [0.05, 0.1) is 6.61 Å². The fourth-order valence-electron chi connectivity index (χ4n) is 3.10. The summed E-state index contributed by atoms with van der Waals surface area (Å²) >= 11 is 0. The van der Waals surface area contributed by atoms with Crippen molar-refractivity contribution in [1.29, 1.82) is 0 Å². The van der Waals surface area contributed by atoms with Crippen molar-refractivity contribution in [3.63, 3.8) is 0 Å². The second-order valence-corrected chi connectivity index (χ2v) is 5.71. The van der Waals surface area contributed by atoms with Crippen LogP contribution in [0, 0.1) is 0 Å². The third-order valence-corrected chi connectivity index (χ3v) is 4.22. The van der Waals surface area contributed by atoms with Crippen LogP contribution >= 0.6 is 0 Å². The van der Waals surface area contributed by atoms with E-state index in [1.54, 1.807) is 0 Å². The molecule has 0 radical (unpaired) electrons. The average Bonchev–Trinajstić information content (AvgIpc) is 3.15. The Morgan fingerprint density at radius 1 is 1.12 bits per heavy atom. The van der Waals surface area contributed by atoms with Crippen molar-refractivity contribution in [2.75, 3.05) is 6.61 Å². The number of hydrogen-bond donors (Lipinski definition) is 2. The van der Waals surface area contributed by atoms with E-state index in [0.29, 0.717) is 0 Å². The van der Waals surface area contributed by atoms with Gasteiger partial charge in [-0.05, 0) is 5.46 Å². The molecule has 9 heteroatoms. The predicted octanol–water partition coefficient (Wildman–Crippen LogP) is -1.39. The van der Waals surface area contributed by atoms with Gasteiger partial charge in [0.25, 0.3) is 5.56 Å². The number of nitrogens with one attached hydrogen (secondary N) is 1. The zero-order valence-corrected chi connectivity index (χ0v) is 12.6. The summed E-state index contributed by atoms with van der Waals surface area (Å²) in [6.45, 7) is -0.263. The molecule has 2 saturated heterocycles. The number of aliphatic hydroxyl groups is 1. The first-order chi connectivity index (χ1) is 11.7. The summed E-state index contributed by atoms with van der Waals surface area (Å²) in [6, 6.07) is 10.6. The quantitative estimate of drug-likeness (QED) is 0.672. The molecule has 0 bridgehead atoms. The van der Waals surface area contributed by atoms with Crippen LogP contribution in [-0.4, -0.2) is 46.7 Å². The first-order valence-corrected chi connectivity index (χ1v) is 7.61. The first kappa shape index (κ1) is 15.3. The lowest BCUT2D eigenvalue weighted by molar-refractivity contribution is -0.0606. The second-order valence-electron chi connectivity index (χ2n) is 5.71. The van der Waals surface area contributed by atoms with E-state index in [1.165, 1.54) is 16.8 Å². The summed E-state index contributed by atoms with van der Waals surface area (Å²) in [5.74, 6) is 0. The summed E-state index contributed by atoms with van der Waals surface area (Å²) in [4.78, 5) is 25.5. The Labute approximate surface area is 136 Å². The van der Waals surface area contributed by atoms with Gasteiger partial charge in [0, 0.05) is 12.3 Å². The molecule has 1 aromatic heterocycles. The minimum Gasteiger partial charge on any atom is -0.399 e. The van der Waals surface area contributed by atoms with Crippen molar-refractivity contribution in [2.45, 2.75) is 24.5 Å². The van der Waals surface area contributed by atoms with E-state index in [1.807, 2.05) is 30.3 Å². The third-order valence-electron chi connectivity index (χ3n) is 4.22. The summed E-state index contributed by atoms with van der Waals surface area (Å²) < 4.78 is 18.8. The molecule has 0 saturated carbocycles. The fraction of sp³-hybridized carbons (Fsp3) is 0.333. The lowest BCUT2D eigenvalue weighted by atomic mass is 9.79. The molecule has 0 spiro atoms. The number of nitrogens with zero attached hydrogens (tertiary/aromatic N) is 1. The van der Waals surface area contributed by atoms with Gasteiger partial charge < -0.3 is 19.2 Å². The number of H-pyrrole nitrogens is 1. The highest BCUT2D eigenvalue weighted by Gasteiger charge is 2.54. The lowest BCUT2D eigenvalue weighted by Gasteiger charge is -2.19. The summed E-state index contributed by atoms with van der Waals surface area (Å²) in [5.41, 5.74) is -0.247. The Morgan fingerprint density at radius 3 is 2.58 bits per heavy atom. The van der Waals surface area contributed by atoms with Crippen LogP contribution in [0.5, 0.6) is 0 Å². The SMILES string of the molecule is O=c1ccn([C@@H]2O[C@H](CO)[C@@H]3OB(c4ccccc4)OC32)c(=O)[nH]1. The summed E-state index contributed by atoms with van der Waals surface area (Å²) in [5, 5.41) is 9.54. The maximum Gasteiger partial charge on any atom is 0.494 e. The normalized spacial score (nSPS) is 29.0. The van der Waals surface area contributed by atoms with Crippen molar-refractivity contribution in [2.24, 2.45) is 0 Å². The molecule has 2 aromatic rings. The van der Waals surface area contributed by atoms with Gasteiger partial charge in [-0.1, -0.05) is 30.3 Å². The van der Waals surface area contributed by atoms with E-state index >= 15 is 0 Å². The monoisotopic (exact) mass is 330 g/mol. The van der Waals surface area contributed by atoms with Crippen LogP contribution in [0.1, 0.15) is 6.23 Å². The Morgan fingerprint density at radius 2 is 1.88 bits per heavy atom. The molecule has 0 amide bonds. The van der Waals surface area contributed by atoms with Gasteiger partial charge in [0.1, 0.15) is 18.3 Å². The summed E-state index contributed by atoms with van der Waals surface area (Å²) in [6.07, 6.45) is -1.14. The van der Waals surface area contributed by atoms with Crippen molar-refractivity contribution in [3.05, 3.63) is 63.4 Å². The van der Waals surface area contributed by atoms with Crippen LogP contribution in [0.2, 0.25) is 0 Å². The van der Waals surface area contributed by atoms with Crippen molar-refractivity contribution < 1.29 is 19.2 Å². The molecule has 1 unspecified atom stereocenters. The van der Waals surface area contributed by atoms with Gasteiger partial charge >= 0.3 is 12.8 Å². The highest BCUT2D eigenvalue weighted by atomic mass is 16.7. The van der Waals surface area contributed by atoms with Crippen molar-refractivity contribution >= 4 is 12.6 Å². The zero-order valence-electron chi connectivity index (χ0n) is 12.6. The fourth-order valence-corrected chi connectivity index (χ4v) is 3.10. The minimum absolute atomic E-state index is 0.263.